The molecule has 2 aliphatic rings. The third-order valence-corrected chi connectivity index (χ3v) is 12.0. The van der Waals surface area contributed by atoms with Gasteiger partial charge in [0.2, 0.25) is 0 Å². The summed E-state index contributed by atoms with van der Waals surface area (Å²) in [6.45, 7) is 26.1. The van der Waals surface area contributed by atoms with E-state index in [4.69, 9.17) is 33.8 Å². The van der Waals surface area contributed by atoms with Crippen molar-refractivity contribution < 1.29 is 23.6 Å². The number of piperidine rings is 1. The Hall–Kier alpha value is -3.58. The van der Waals surface area contributed by atoms with E-state index < -0.39 is 36.0 Å². The molecule has 5 heterocycles. The molecular formula is C41H56BN5O5S. The van der Waals surface area contributed by atoms with Crippen molar-refractivity contribution in [3.8, 4) is 10.7 Å². The molecule has 0 saturated carbocycles. The Bertz CT molecular complexity index is 1940. The zero-order valence-corrected chi connectivity index (χ0v) is 34.1. The van der Waals surface area contributed by atoms with Gasteiger partial charge in [0.25, 0.3) is 0 Å². The molecule has 6 rings (SSSR count). The summed E-state index contributed by atoms with van der Waals surface area (Å²) in [5.41, 5.74) is 3.72. The van der Waals surface area contributed by atoms with Gasteiger partial charge in [-0.25, -0.2) is 14.8 Å². The SMILES string of the molecule is C=CCCC1(C)CCN(c2c(C(OC(C)(C)C)C(=O)OCC)c(C)nc3cc(-c4ncc(Cc5ccccc5B5OC(C)(C)C(C)(C)O5)s4)nn23)CC1. The average molecular weight is 742 g/mol. The van der Waals surface area contributed by atoms with Crippen LogP contribution in [0.1, 0.15) is 116 Å². The van der Waals surface area contributed by atoms with Crippen molar-refractivity contribution in [3.05, 3.63) is 70.9 Å². The van der Waals surface area contributed by atoms with Crippen molar-refractivity contribution >= 4 is 41.4 Å². The van der Waals surface area contributed by atoms with Gasteiger partial charge in [0.15, 0.2) is 11.8 Å². The molecular weight excluding hydrogens is 685 g/mol. The van der Waals surface area contributed by atoms with Crippen LogP contribution in [-0.2, 0) is 30.0 Å². The Morgan fingerprint density at radius 2 is 1.79 bits per heavy atom. The summed E-state index contributed by atoms with van der Waals surface area (Å²) in [6.07, 6.45) is 7.75. The van der Waals surface area contributed by atoms with Crippen LogP contribution in [0, 0.1) is 12.3 Å². The monoisotopic (exact) mass is 741 g/mol. The van der Waals surface area contributed by atoms with Crippen molar-refractivity contribution in [3.63, 3.8) is 0 Å². The molecule has 2 aliphatic heterocycles. The van der Waals surface area contributed by atoms with Crippen molar-refractivity contribution in [1.29, 1.82) is 0 Å². The number of nitrogens with zero attached hydrogens (tertiary/aromatic N) is 5. The average Bonchev–Trinajstić information content (AvgIpc) is 3.78. The summed E-state index contributed by atoms with van der Waals surface area (Å²) >= 11 is 1.61. The van der Waals surface area contributed by atoms with E-state index in [-0.39, 0.29) is 12.0 Å². The van der Waals surface area contributed by atoms with Crippen molar-refractivity contribution in [2.24, 2.45) is 5.41 Å². The second-order valence-electron chi connectivity index (χ2n) is 16.8. The number of rotatable bonds is 12. The minimum atomic E-state index is -0.973. The van der Waals surface area contributed by atoms with E-state index in [1.54, 1.807) is 11.3 Å². The third-order valence-electron chi connectivity index (χ3n) is 11.0. The van der Waals surface area contributed by atoms with Crippen LogP contribution in [0.25, 0.3) is 16.3 Å². The quantitative estimate of drug-likeness (QED) is 0.0812. The first-order chi connectivity index (χ1) is 24.9. The number of aryl methyl sites for hydroxylation is 1. The molecule has 0 radical (unpaired) electrons. The van der Waals surface area contributed by atoms with Crippen LogP contribution in [0.3, 0.4) is 0 Å². The summed E-state index contributed by atoms with van der Waals surface area (Å²) in [5.74, 6) is 0.387. The fourth-order valence-corrected chi connectivity index (χ4v) is 8.07. The van der Waals surface area contributed by atoms with Gasteiger partial charge in [-0.2, -0.15) is 9.61 Å². The fraction of sp³-hybridized carbons (Fsp3) is 0.561. The van der Waals surface area contributed by atoms with Crippen molar-refractivity contribution in [2.75, 3.05) is 24.6 Å². The normalized spacial score (nSPS) is 18.8. The molecule has 12 heteroatoms. The molecule has 1 unspecified atom stereocenters. The zero-order valence-electron chi connectivity index (χ0n) is 33.2. The first-order valence-electron chi connectivity index (χ1n) is 18.9. The molecule has 0 amide bonds. The molecule has 0 spiro atoms. The van der Waals surface area contributed by atoms with Gasteiger partial charge in [0, 0.05) is 42.3 Å². The molecule has 284 valence electrons. The third kappa shape index (κ3) is 8.26. The first-order valence-corrected chi connectivity index (χ1v) is 19.7. The predicted octanol–water partition coefficient (Wildman–Crippen LogP) is 8.04. The van der Waals surface area contributed by atoms with Gasteiger partial charge in [-0.05, 0) is 104 Å². The largest absolute Gasteiger partial charge is 0.495 e. The maximum absolute atomic E-state index is 13.7. The number of carbonyl (C=O) groups excluding carboxylic acids is 1. The highest BCUT2D eigenvalue weighted by atomic mass is 32.1. The number of benzene rings is 1. The van der Waals surface area contributed by atoms with Crippen molar-refractivity contribution in [2.45, 2.75) is 124 Å². The van der Waals surface area contributed by atoms with Gasteiger partial charge in [0.05, 0.1) is 29.0 Å². The minimum absolute atomic E-state index is 0.210. The molecule has 10 nitrogen and oxygen atoms in total. The van der Waals surface area contributed by atoms with Crippen LogP contribution in [0.15, 0.2) is 49.2 Å². The number of thiazole rings is 1. The lowest BCUT2D eigenvalue weighted by atomic mass is 9.75. The highest BCUT2D eigenvalue weighted by molar-refractivity contribution is 7.15. The number of carbonyl (C=O) groups is 1. The molecule has 4 aromatic rings. The van der Waals surface area contributed by atoms with E-state index in [2.05, 4.69) is 64.3 Å². The summed E-state index contributed by atoms with van der Waals surface area (Å²) < 4.78 is 26.8. The molecule has 1 atom stereocenters. The second-order valence-corrected chi connectivity index (χ2v) is 17.9. The summed E-state index contributed by atoms with van der Waals surface area (Å²) in [7, 11) is -0.445. The van der Waals surface area contributed by atoms with Gasteiger partial charge >= 0.3 is 13.1 Å². The van der Waals surface area contributed by atoms with Gasteiger partial charge < -0.3 is 23.7 Å². The van der Waals surface area contributed by atoms with Crippen LogP contribution in [-0.4, -0.2) is 69.2 Å². The van der Waals surface area contributed by atoms with E-state index in [1.165, 1.54) is 0 Å². The number of allylic oxidation sites excluding steroid dienone is 1. The van der Waals surface area contributed by atoms with Crippen LogP contribution in [0.5, 0.6) is 0 Å². The second kappa shape index (κ2) is 14.9. The van der Waals surface area contributed by atoms with E-state index in [0.29, 0.717) is 23.3 Å². The number of aromatic nitrogens is 4. The number of hydrogen-bond donors (Lipinski definition) is 0. The number of anilines is 1. The first kappa shape index (κ1) is 39.1. The number of hydrogen-bond acceptors (Lipinski definition) is 10. The molecule has 2 saturated heterocycles. The molecule has 1 aromatic carbocycles. The lowest BCUT2D eigenvalue weighted by Gasteiger charge is -2.41. The van der Waals surface area contributed by atoms with E-state index in [0.717, 1.165) is 71.2 Å². The summed E-state index contributed by atoms with van der Waals surface area (Å²) in [4.78, 5) is 27.0. The van der Waals surface area contributed by atoms with E-state index >= 15 is 0 Å². The van der Waals surface area contributed by atoms with Crippen molar-refractivity contribution in [1.82, 2.24) is 19.6 Å². The van der Waals surface area contributed by atoms with Crippen LogP contribution in [0.4, 0.5) is 5.82 Å². The maximum atomic E-state index is 13.7. The number of esters is 1. The Morgan fingerprint density at radius 3 is 2.43 bits per heavy atom. The van der Waals surface area contributed by atoms with E-state index in [1.807, 2.05) is 63.5 Å². The number of fused-ring (bicyclic) bond motifs is 1. The fourth-order valence-electron chi connectivity index (χ4n) is 7.18. The van der Waals surface area contributed by atoms with Gasteiger partial charge in [-0.1, -0.05) is 37.3 Å². The van der Waals surface area contributed by atoms with Gasteiger partial charge in [-0.3, -0.25) is 0 Å². The Morgan fingerprint density at radius 1 is 1.11 bits per heavy atom. The highest BCUT2D eigenvalue weighted by Crippen LogP contribution is 2.42. The topological polar surface area (TPSA) is 100 Å². The lowest BCUT2D eigenvalue weighted by Crippen LogP contribution is -2.41. The summed E-state index contributed by atoms with van der Waals surface area (Å²) in [6, 6.07) is 10.3. The van der Waals surface area contributed by atoms with Crippen LogP contribution >= 0.6 is 11.3 Å². The molecule has 2 fully saturated rings. The molecule has 0 N–H and O–H groups in total. The molecule has 0 aliphatic carbocycles. The molecule has 3 aromatic heterocycles. The van der Waals surface area contributed by atoms with E-state index in [9.17, 15) is 4.79 Å². The smallest absolute Gasteiger partial charge is 0.464 e. The number of ether oxygens (including phenoxy) is 2. The van der Waals surface area contributed by atoms with Gasteiger partial charge in [-0.15, -0.1) is 17.9 Å². The molecule has 53 heavy (non-hydrogen) atoms. The Labute approximate surface area is 319 Å². The Balaban J connectivity index is 1.38. The Kier molecular flexibility index (Phi) is 11.0. The molecule has 0 bridgehead atoms. The zero-order chi connectivity index (χ0) is 38.3. The highest BCUT2D eigenvalue weighted by Gasteiger charge is 2.52. The lowest BCUT2D eigenvalue weighted by molar-refractivity contribution is -0.166. The standard InChI is InChI=1S/C41H56BN5O5S/c1-12-14-19-41(11)20-22-46(23-21-41)36-33(34(37(48)49-13-2)50-38(4,5)6)27(3)44-32-25-31(45-47(32)36)35-43-26-29(53-35)24-28-17-15-16-18-30(28)42-51-39(7,8)40(9,10)52-42/h12,15-18,25-26,34H,1,13-14,19-24H2,2-11H3. The van der Waals surface area contributed by atoms with Crippen LogP contribution in [0.2, 0.25) is 0 Å². The van der Waals surface area contributed by atoms with Gasteiger partial charge in [0.1, 0.15) is 16.5 Å². The predicted molar refractivity (Wildman–Crippen MR) is 213 cm³/mol. The maximum Gasteiger partial charge on any atom is 0.495 e. The minimum Gasteiger partial charge on any atom is -0.464 e. The van der Waals surface area contributed by atoms with Crippen LogP contribution < -0.4 is 10.4 Å². The summed E-state index contributed by atoms with van der Waals surface area (Å²) in [5, 5.41) is 5.96.